The number of rotatable bonds is 6. The second-order valence-electron chi connectivity index (χ2n) is 5.42. The monoisotopic (exact) mass is 236 g/mol. The van der Waals surface area contributed by atoms with Crippen LogP contribution in [0.2, 0.25) is 0 Å². The van der Waals surface area contributed by atoms with E-state index in [9.17, 15) is 0 Å². The minimum atomic E-state index is 0.192. The first-order valence-corrected chi connectivity index (χ1v) is 6.15. The van der Waals surface area contributed by atoms with E-state index in [1.54, 1.807) is 0 Å². The Morgan fingerprint density at radius 1 is 1.35 bits per heavy atom. The van der Waals surface area contributed by atoms with Crippen molar-refractivity contribution >= 4 is 11.4 Å². The molecule has 1 aromatic rings. The lowest BCUT2D eigenvalue weighted by Gasteiger charge is -2.25. The first-order valence-electron chi connectivity index (χ1n) is 6.15. The molecule has 0 heterocycles. The van der Waals surface area contributed by atoms with E-state index in [4.69, 9.17) is 10.8 Å². The highest BCUT2D eigenvalue weighted by atomic mass is 16.2. The van der Waals surface area contributed by atoms with Gasteiger partial charge >= 0.3 is 0 Å². The van der Waals surface area contributed by atoms with Gasteiger partial charge < -0.3 is 16.2 Å². The zero-order valence-electron chi connectivity index (χ0n) is 11.1. The van der Waals surface area contributed by atoms with Crippen LogP contribution in [-0.2, 0) is 0 Å². The van der Waals surface area contributed by atoms with Crippen molar-refractivity contribution in [3.05, 3.63) is 23.8 Å². The fourth-order valence-corrected chi connectivity index (χ4v) is 1.77. The molecule has 0 fully saturated rings. The van der Waals surface area contributed by atoms with Crippen LogP contribution in [-0.4, -0.2) is 18.3 Å². The maximum atomic E-state index is 8.85. The minimum Gasteiger partial charge on any atom is -0.399 e. The van der Waals surface area contributed by atoms with E-state index in [2.05, 4.69) is 25.2 Å². The number of nitrogen functional groups attached to an aromatic ring is 1. The first-order chi connectivity index (χ1) is 7.94. The summed E-state index contributed by atoms with van der Waals surface area (Å²) in [4.78, 5) is 0. The van der Waals surface area contributed by atoms with E-state index in [-0.39, 0.29) is 12.0 Å². The summed E-state index contributed by atoms with van der Waals surface area (Å²) in [7, 11) is 0. The molecule has 0 saturated carbocycles. The van der Waals surface area contributed by atoms with Crippen molar-refractivity contribution in [2.45, 2.75) is 33.6 Å². The summed E-state index contributed by atoms with van der Waals surface area (Å²) < 4.78 is 0. The van der Waals surface area contributed by atoms with Crippen molar-refractivity contribution < 1.29 is 5.11 Å². The van der Waals surface area contributed by atoms with Gasteiger partial charge in [0, 0.05) is 24.5 Å². The largest absolute Gasteiger partial charge is 0.399 e. The molecule has 0 aromatic heterocycles. The molecule has 0 atom stereocenters. The molecule has 0 aliphatic heterocycles. The van der Waals surface area contributed by atoms with Gasteiger partial charge in [-0.15, -0.1) is 0 Å². The van der Waals surface area contributed by atoms with Crippen LogP contribution in [0.3, 0.4) is 0 Å². The highest BCUT2D eigenvalue weighted by molar-refractivity contribution is 5.56. The van der Waals surface area contributed by atoms with Gasteiger partial charge in [-0.05, 0) is 48.9 Å². The lowest BCUT2D eigenvalue weighted by Crippen LogP contribution is -2.23. The third kappa shape index (κ3) is 4.65. The molecule has 0 spiro atoms. The number of nitrogens with one attached hydrogen (secondary N) is 1. The van der Waals surface area contributed by atoms with Crippen molar-refractivity contribution in [2.24, 2.45) is 5.41 Å². The van der Waals surface area contributed by atoms with E-state index in [1.807, 2.05) is 19.1 Å². The Balaban J connectivity index is 2.51. The number of hydrogen-bond acceptors (Lipinski definition) is 3. The SMILES string of the molecule is Cc1cc(NCC(C)(C)CCCO)ccc1N. The van der Waals surface area contributed by atoms with Crippen molar-refractivity contribution in [3.63, 3.8) is 0 Å². The van der Waals surface area contributed by atoms with Crippen molar-refractivity contribution in [1.29, 1.82) is 0 Å². The molecule has 0 saturated heterocycles. The Kier molecular flexibility index (Phi) is 4.82. The molecule has 1 aromatic carbocycles. The molecule has 0 aliphatic rings. The number of nitrogens with two attached hydrogens (primary N) is 1. The molecule has 0 amide bonds. The highest BCUT2D eigenvalue weighted by Crippen LogP contribution is 2.24. The number of hydrogen-bond donors (Lipinski definition) is 3. The first kappa shape index (κ1) is 13.8. The predicted molar refractivity (Wildman–Crippen MR) is 74.2 cm³/mol. The smallest absolute Gasteiger partial charge is 0.0431 e. The average molecular weight is 236 g/mol. The topological polar surface area (TPSA) is 58.3 Å². The summed E-state index contributed by atoms with van der Waals surface area (Å²) in [6.45, 7) is 7.60. The number of aryl methyl sites for hydroxylation is 1. The van der Waals surface area contributed by atoms with Gasteiger partial charge in [0.15, 0.2) is 0 Å². The van der Waals surface area contributed by atoms with Crippen LogP contribution in [0.15, 0.2) is 18.2 Å². The Hall–Kier alpha value is -1.22. The summed E-state index contributed by atoms with van der Waals surface area (Å²) in [6, 6.07) is 6.00. The van der Waals surface area contributed by atoms with E-state index in [0.29, 0.717) is 0 Å². The van der Waals surface area contributed by atoms with Gasteiger partial charge in [0.05, 0.1) is 0 Å². The van der Waals surface area contributed by atoms with Crippen LogP contribution in [0.4, 0.5) is 11.4 Å². The van der Waals surface area contributed by atoms with Crippen LogP contribution in [0.25, 0.3) is 0 Å². The molecule has 4 N–H and O–H groups in total. The standard InChI is InChI=1S/C14H24N2O/c1-11-9-12(5-6-13(11)15)16-10-14(2,3)7-4-8-17/h5-6,9,16-17H,4,7-8,10,15H2,1-3H3. The molecular formula is C14H24N2O. The third-order valence-corrected chi connectivity index (χ3v) is 3.05. The van der Waals surface area contributed by atoms with Gasteiger partial charge in [-0.25, -0.2) is 0 Å². The van der Waals surface area contributed by atoms with Crippen molar-refractivity contribution in [2.75, 3.05) is 24.2 Å². The molecule has 0 bridgehead atoms. The Bertz CT molecular complexity index is 361. The number of anilines is 2. The molecule has 3 nitrogen and oxygen atoms in total. The van der Waals surface area contributed by atoms with Crippen LogP contribution >= 0.6 is 0 Å². The van der Waals surface area contributed by atoms with Crippen LogP contribution < -0.4 is 11.1 Å². The van der Waals surface area contributed by atoms with Gasteiger partial charge in [0.2, 0.25) is 0 Å². The lowest BCUT2D eigenvalue weighted by molar-refractivity contribution is 0.248. The molecule has 17 heavy (non-hydrogen) atoms. The number of benzene rings is 1. The molecule has 0 aliphatic carbocycles. The quantitative estimate of drug-likeness (QED) is 0.666. The third-order valence-electron chi connectivity index (χ3n) is 3.05. The average Bonchev–Trinajstić information content (AvgIpc) is 2.28. The van der Waals surface area contributed by atoms with Gasteiger partial charge in [-0.2, -0.15) is 0 Å². The summed E-state index contributed by atoms with van der Waals surface area (Å²) in [5.41, 5.74) is 9.01. The second kappa shape index (κ2) is 5.92. The summed E-state index contributed by atoms with van der Waals surface area (Å²) in [6.07, 6.45) is 1.87. The van der Waals surface area contributed by atoms with Crippen LogP contribution in [0.1, 0.15) is 32.3 Å². The molecule has 0 radical (unpaired) electrons. The van der Waals surface area contributed by atoms with Gasteiger partial charge in [-0.1, -0.05) is 13.8 Å². The normalized spacial score (nSPS) is 11.5. The van der Waals surface area contributed by atoms with E-state index < -0.39 is 0 Å². The van der Waals surface area contributed by atoms with Crippen molar-refractivity contribution in [3.8, 4) is 0 Å². The number of aliphatic hydroxyl groups excluding tert-OH is 1. The summed E-state index contributed by atoms with van der Waals surface area (Å²) in [5.74, 6) is 0. The zero-order chi connectivity index (χ0) is 12.9. The second-order valence-corrected chi connectivity index (χ2v) is 5.42. The minimum absolute atomic E-state index is 0.192. The fraction of sp³-hybridized carbons (Fsp3) is 0.571. The predicted octanol–water partition coefficient (Wildman–Crippen LogP) is 2.79. The summed E-state index contributed by atoms with van der Waals surface area (Å²) in [5, 5.41) is 12.3. The Morgan fingerprint density at radius 3 is 2.65 bits per heavy atom. The van der Waals surface area contributed by atoms with Gasteiger partial charge in [0.25, 0.3) is 0 Å². The van der Waals surface area contributed by atoms with E-state index in [1.165, 1.54) is 0 Å². The Labute approximate surface area is 104 Å². The van der Waals surface area contributed by atoms with E-state index in [0.717, 1.165) is 36.3 Å². The van der Waals surface area contributed by atoms with Crippen molar-refractivity contribution in [1.82, 2.24) is 0 Å². The zero-order valence-corrected chi connectivity index (χ0v) is 11.1. The highest BCUT2D eigenvalue weighted by Gasteiger charge is 2.16. The fourth-order valence-electron chi connectivity index (χ4n) is 1.77. The maximum absolute atomic E-state index is 8.85. The van der Waals surface area contributed by atoms with Crippen LogP contribution in [0, 0.1) is 12.3 Å². The van der Waals surface area contributed by atoms with Gasteiger partial charge in [-0.3, -0.25) is 0 Å². The number of aliphatic hydroxyl groups is 1. The molecular weight excluding hydrogens is 212 g/mol. The molecule has 3 heteroatoms. The van der Waals surface area contributed by atoms with Gasteiger partial charge in [0.1, 0.15) is 0 Å². The Morgan fingerprint density at radius 2 is 2.06 bits per heavy atom. The maximum Gasteiger partial charge on any atom is 0.0431 e. The molecule has 96 valence electrons. The lowest BCUT2D eigenvalue weighted by atomic mass is 9.88. The summed E-state index contributed by atoms with van der Waals surface area (Å²) >= 11 is 0. The van der Waals surface area contributed by atoms with E-state index >= 15 is 0 Å². The van der Waals surface area contributed by atoms with Crippen LogP contribution in [0.5, 0.6) is 0 Å². The molecule has 0 unspecified atom stereocenters. The molecule has 1 rings (SSSR count).